The summed E-state index contributed by atoms with van der Waals surface area (Å²) in [7, 11) is 0. The fourth-order valence-electron chi connectivity index (χ4n) is 1.99. The van der Waals surface area contributed by atoms with Gasteiger partial charge in [-0.25, -0.2) is 0 Å². The summed E-state index contributed by atoms with van der Waals surface area (Å²) in [4.78, 5) is 5.11. The molecule has 0 spiro atoms. The Morgan fingerprint density at radius 2 is 1.50 bits per heavy atom. The second kappa shape index (κ2) is 9.36. The summed E-state index contributed by atoms with van der Waals surface area (Å²) in [5, 5.41) is 0. The van der Waals surface area contributed by atoms with Crippen LogP contribution in [0.25, 0.3) is 0 Å². The minimum atomic E-state index is -1.59. The fraction of sp³-hybridized carbons (Fsp3) is 0.533. The quantitative estimate of drug-likeness (QED) is 0.109. The molecule has 0 aliphatic heterocycles. The molecule has 0 unspecified atom stereocenters. The molecule has 0 aromatic heterocycles. The van der Waals surface area contributed by atoms with Gasteiger partial charge in [0.2, 0.25) is 0 Å². The molecule has 1 rings (SSSR count). The SMILES string of the molecule is CC(C)(C)N=C(c1ccccc1)N(/[Si](I)=N/[Si](I)(I)I)C(C)(C)C. The molecule has 0 bridgehead atoms. The van der Waals surface area contributed by atoms with Crippen molar-refractivity contribution in [2.45, 2.75) is 52.6 Å². The van der Waals surface area contributed by atoms with Gasteiger partial charge in [-0.1, -0.05) is 95.7 Å². The lowest BCUT2D eigenvalue weighted by molar-refractivity contribution is 0.357. The predicted octanol–water partition coefficient (Wildman–Crippen LogP) is 6.76. The highest BCUT2D eigenvalue weighted by atomic mass is 127. The van der Waals surface area contributed by atoms with Crippen molar-refractivity contribution < 1.29 is 0 Å². The highest BCUT2D eigenvalue weighted by molar-refractivity contribution is 14.4. The van der Waals surface area contributed by atoms with Crippen molar-refractivity contribution in [1.82, 2.24) is 4.57 Å². The molecule has 1 aromatic carbocycles. The number of rotatable bonds is 3. The third-order valence-electron chi connectivity index (χ3n) is 2.76. The Labute approximate surface area is 199 Å². The van der Waals surface area contributed by atoms with Crippen LogP contribution in [-0.4, -0.2) is 28.5 Å². The summed E-state index contributed by atoms with van der Waals surface area (Å²) in [5.74, 6) is 1.06. The molecule has 0 heterocycles. The Bertz CT molecular complexity index is 614. The topological polar surface area (TPSA) is 28.0 Å². The zero-order chi connectivity index (χ0) is 18.8. The largest absolute Gasteiger partial charge is 0.367 e. The average Bonchev–Trinajstić information content (AvgIpc) is 2.33. The molecule has 0 fully saturated rings. The zero-order valence-electron chi connectivity index (χ0n) is 14.7. The van der Waals surface area contributed by atoms with Crippen molar-refractivity contribution >= 4 is 100.0 Å². The second-order valence-corrected chi connectivity index (χ2v) is 45.7. The Kier molecular flexibility index (Phi) is 9.32. The summed E-state index contributed by atoms with van der Waals surface area (Å²) < 4.78 is 6.05. The highest BCUT2D eigenvalue weighted by Gasteiger charge is 2.33. The van der Waals surface area contributed by atoms with Crippen LogP contribution < -0.4 is 0 Å². The number of amidine groups is 1. The van der Waals surface area contributed by atoms with Crippen molar-refractivity contribution in [3.8, 4) is 0 Å². The van der Waals surface area contributed by atoms with Gasteiger partial charge in [0, 0.05) is 11.1 Å². The maximum absolute atomic E-state index is 5.19. The normalized spacial score (nSPS) is 14.8. The molecule has 0 aliphatic carbocycles. The number of benzene rings is 1. The van der Waals surface area contributed by atoms with Gasteiger partial charge >= 0.3 is 6.97 Å². The van der Waals surface area contributed by atoms with Gasteiger partial charge < -0.3 is 8.87 Å². The van der Waals surface area contributed by atoms with E-state index in [1.807, 2.05) is 0 Å². The van der Waals surface area contributed by atoms with Crippen LogP contribution in [0.5, 0.6) is 0 Å². The van der Waals surface area contributed by atoms with Crippen LogP contribution in [-0.2, 0) is 0 Å². The number of halogens is 4. The summed E-state index contributed by atoms with van der Waals surface area (Å²) in [6.45, 7) is 13.2. The first-order chi connectivity index (χ1) is 10.7. The standard InChI is InChI=1S/C15H23I4N3Si2/c1-14(2,3)20-13(12-10-8-7-9-11-12)22(15(4,5)6)23(16)21-24(17,18)19/h7-11H,1-6H3/b20-13?,23-21+. The van der Waals surface area contributed by atoms with E-state index in [4.69, 9.17) is 9.29 Å². The van der Waals surface area contributed by atoms with Gasteiger partial charge in [0.25, 0.3) is 0 Å². The van der Waals surface area contributed by atoms with Gasteiger partial charge in [0.1, 0.15) is 5.84 Å². The van der Waals surface area contributed by atoms with Crippen LogP contribution in [0.3, 0.4) is 0 Å². The molecule has 0 saturated heterocycles. The monoisotopic (exact) mass is 809 g/mol. The van der Waals surface area contributed by atoms with Gasteiger partial charge in [-0.15, -0.1) is 0 Å². The number of nitrogens with zero attached hydrogens (tertiary/aromatic N) is 3. The highest BCUT2D eigenvalue weighted by Crippen LogP contribution is 2.33. The van der Waals surface area contributed by atoms with Crippen LogP contribution >= 0.6 is 87.2 Å². The lowest BCUT2D eigenvalue weighted by atomic mass is 10.1. The first-order valence-corrected chi connectivity index (χ1v) is 23.3. The zero-order valence-corrected chi connectivity index (χ0v) is 25.4. The fourth-order valence-corrected chi connectivity index (χ4v) is 28.9. The Morgan fingerprint density at radius 1 is 1.00 bits per heavy atom. The molecule has 0 radical (unpaired) electrons. The molecule has 0 aliphatic rings. The predicted molar refractivity (Wildman–Crippen MR) is 144 cm³/mol. The third-order valence-corrected chi connectivity index (χ3v) is 15.9. The van der Waals surface area contributed by atoms with E-state index in [2.05, 4.69) is 164 Å². The minimum Gasteiger partial charge on any atom is -0.337 e. The first-order valence-electron chi connectivity index (χ1n) is 7.48. The minimum absolute atomic E-state index is 0.0392. The Balaban J connectivity index is 3.60. The molecule has 1 aromatic rings. The maximum atomic E-state index is 5.19. The second-order valence-electron chi connectivity index (χ2n) is 7.33. The Morgan fingerprint density at radius 3 is 1.88 bits per heavy atom. The van der Waals surface area contributed by atoms with Crippen molar-refractivity contribution in [3.63, 3.8) is 0 Å². The Hall–Kier alpha value is 1.84. The van der Waals surface area contributed by atoms with E-state index in [1.54, 1.807) is 0 Å². The summed E-state index contributed by atoms with van der Waals surface area (Å²) in [5.41, 5.74) is 0.989. The van der Waals surface area contributed by atoms with E-state index in [0.717, 1.165) is 5.84 Å². The molecule has 3 nitrogen and oxygen atoms in total. The summed E-state index contributed by atoms with van der Waals surface area (Å²) in [6, 6.07) is 10.5. The van der Waals surface area contributed by atoms with Crippen LogP contribution in [0.15, 0.2) is 39.6 Å². The molecule has 0 N–H and O–H groups in total. The molecular formula is C15H23I4N3Si2. The van der Waals surface area contributed by atoms with Gasteiger partial charge in [0.05, 0.1) is 5.54 Å². The lowest BCUT2D eigenvalue weighted by Crippen LogP contribution is -2.50. The molecule has 0 saturated carbocycles. The lowest BCUT2D eigenvalue weighted by Gasteiger charge is -2.39. The van der Waals surface area contributed by atoms with Crippen LogP contribution in [0, 0.1) is 0 Å². The smallest absolute Gasteiger partial charge is 0.337 e. The molecule has 9 heteroatoms. The van der Waals surface area contributed by atoms with Gasteiger partial charge in [-0.3, -0.25) is 4.99 Å². The van der Waals surface area contributed by atoms with E-state index in [9.17, 15) is 0 Å². The van der Waals surface area contributed by atoms with E-state index in [1.165, 1.54) is 5.56 Å². The molecular weight excluding hydrogens is 786 g/mol. The van der Waals surface area contributed by atoms with E-state index in [-0.39, 0.29) is 11.1 Å². The van der Waals surface area contributed by atoms with Crippen molar-refractivity contribution in [1.29, 1.82) is 0 Å². The third kappa shape index (κ3) is 8.69. The maximum Gasteiger partial charge on any atom is 0.367 e. The van der Waals surface area contributed by atoms with Gasteiger partial charge in [0.15, 0.2) is 0 Å². The van der Waals surface area contributed by atoms with Crippen LogP contribution in [0.2, 0.25) is 0 Å². The van der Waals surface area contributed by atoms with E-state index < -0.39 is 6.97 Å². The number of hydrogen-bond acceptors (Lipinski definition) is 2. The van der Waals surface area contributed by atoms with Crippen molar-refractivity contribution in [2.75, 3.05) is 0 Å². The van der Waals surface area contributed by atoms with Gasteiger partial charge in [-0.05, 0) is 63.3 Å². The van der Waals surface area contributed by atoms with E-state index in [0.29, 0.717) is 0 Å². The van der Waals surface area contributed by atoms with E-state index >= 15 is 0 Å². The summed E-state index contributed by atoms with van der Waals surface area (Å²) >= 11 is 10.1. The molecule has 0 atom stereocenters. The molecule has 24 heavy (non-hydrogen) atoms. The van der Waals surface area contributed by atoms with Crippen LogP contribution in [0.4, 0.5) is 0 Å². The van der Waals surface area contributed by atoms with Gasteiger partial charge in [-0.2, -0.15) is 0 Å². The molecule has 0 amide bonds. The number of aliphatic imine (C=N–C) groups is 1. The van der Waals surface area contributed by atoms with Crippen molar-refractivity contribution in [2.24, 2.45) is 9.29 Å². The average molecular weight is 809 g/mol. The summed E-state index contributed by atoms with van der Waals surface area (Å²) in [6.07, 6.45) is -1.12. The van der Waals surface area contributed by atoms with Crippen LogP contribution in [0.1, 0.15) is 47.1 Å². The first kappa shape index (κ1) is 23.9. The van der Waals surface area contributed by atoms with Crippen molar-refractivity contribution in [3.05, 3.63) is 35.9 Å². The molecule has 134 valence electrons. The number of hydrogen-bond donors (Lipinski definition) is 0.